The Labute approximate surface area is 162 Å². The molecular formula is C20H19N3O3S. The fraction of sp³-hybridized carbons (Fsp3) is 0.0500. The smallest absolute Gasteiger partial charge is 0.269 e. The van der Waals surface area contributed by atoms with E-state index in [1.54, 1.807) is 36.4 Å². The van der Waals surface area contributed by atoms with Crippen molar-refractivity contribution in [2.75, 3.05) is 6.61 Å². The number of hydrazine groups is 1. The van der Waals surface area contributed by atoms with E-state index in [0.717, 1.165) is 5.56 Å². The van der Waals surface area contributed by atoms with Gasteiger partial charge in [0.15, 0.2) is 5.11 Å². The topological polar surface area (TPSA) is 79.5 Å². The Bertz CT molecular complexity index is 833. The monoisotopic (exact) mass is 381 g/mol. The highest BCUT2D eigenvalue weighted by Crippen LogP contribution is 2.11. The van der Waals surface area contributed by atoms with Crippen molar-refractivity contribution in [3.63, 3.8) is 0 Å². The van der Waals surface area contributed by atoms with E-state index in [1.165, 1.54) is 6.08 Å². The lowest BCUT2D eigenvalue weighted by Crippen LogP contribution is -2.48. The molecule has 0 radical (unpaired) electrons. The van der Waals surface area contributed by atoms with Crippen molar-refractivity contribution in [2.24, 2.45) is 0 Å². The maximum Gasteiger partial charge on any atom is 0.269 e. The molecule has 0 unspecified atom stereocenters. The number of rotatable bonds is 6. The van der Waals surface area contributed by atoms with Gasteiger partial charge in [0.25, 0.3) is 5.91 Å². The highest BCUT2D eigenvalue weighted by Gasteiger charge is 2.07. The fourth-order valence-corrected chi connectivity index (χ4v) is 2.12. The summed E-state index contributed by atoms with van der Waals surface area (Å²) >= 11 is 4.98. The summed E-state index contributed by atoms with van der Waals surface area (Å²) in [5, 5.41) is 2.42. The lowest BCUT2D eigenvalue weighted by molar-refractivity contribution is -0.115. The van der Waals surface area contributed by atoms with Gasteiger partial charge in [-0.15, -0.1) is 0 Å². The highest BCUT2D eigenvalue weighted by molar-refractivity contribution is 7.80. The molecule has 138 valence electrons. The predicted molar refractivity (Wildman–Crippen MR) is 109 cm³/mol. The van der Waals surface area contributed by atoms with Crippen LogP contribution in [-0.4, -0.2) is 23.5 Å². The molecule has 27 heavy (non-hydrogen) atoms. The number of thiocarbonyl (C=S) groups is 1. The van der Waals surface area contributed by atoms with E-state index >= 15 is 0 Å². The molecule has 3 N–H and O–H groups in total. The third-order valence-electron chi connectivity index (χ3n) is 3.24. The van der Waals surface area contributed by atoms with Crippen LogP contribution in [0.2, 0.25) is 0 Å². The average molecular weight is 381 g/mol. The van der Waals surface area contributed by atoms with Crippen molar-refractivity contribution in [1.82, 2.24) is 16.2 Å². The molecule has 6 nitrogen and oxygen atoms in total. The molecule has 0 saturated heterocycles. The van der Waals surface area contributed by atoms with Crippen molar-refractivity contribution in [3.05, 3.63) is 84.5 Å². The van der Waals surface area contributed by atoms with E-state index < -0.39 is 11.8 Å². The molecule has 0 saturated carbocycles. The van der Waals surface area contributed by atoms with E-state index in [2.05, 4.69) is 22.7 Å². The second-order valence-electron chi connectivity index (χ2n) is 5.27. The first-order valence-electron chi connectivity index (χ1n) is 8.06. The molecule has 0 atom stereocenters. The average Bonchev–Trinajstić information content (AvgIpc) is 2.70. The Hall–Kier alpha value is -3.45. The minimum atomic E-state index is -0.408. The summed E-state index contributed by atoms with van der Waals surface area (Å²) in [6.45, 7) is 3.95. The fourth-order valence-electron chi connectivity index (χ4n) is 1.96. The number of hydrogen-bond acceptors (Lipinski definition) is 4. The zero-order valence-corrected chi connectivity index (χ0v) is 15.3. The molecule has 7 heteroatoms. The van der Waals surface area contributed by atoms with Crippen LogP contribution in [0.1, 0.15) is 15.9 Å². The first-order chi connectivity index (χ1) is 13.1. The molecule has 0 aliphatic rings. The number of benzene rings is 2. The van der Waals surface area contributed by atoms with Gasteiger partial charge in [-0.05, 0) is 48.1 Å². The van der Waals surface area contributed by atoms with Gasteiger partial charge < -0.3 is 4.74 Å². The molecule has 0 heterocycles. The molecule has 0 aliphatic carbocycles. The number of amides is 2. The SMILES string of the molecule is C=CCOc1ccc(C(=O)NNC(=S)NC(=O)C=Cc2ccccc2)cc1. The lowest BCUT2D eigenvalue weighted by Gasteiger charge is -2.10. The minimum absolute atomic E-state index is 0.0167. The van der Waals surface area contributed by atoms with Gasteiger partial charge in [0, 0.05) is 11.6 Å². The number of nitrogens with one attached hydrogen (secondary N) is 3. The van der Waals surface area contributed by atoms with Gasteiger partial charge in [0.2, 0.25) is 5.91 Å². The summed E-state index contributed by atoms with van der Waals surface area (Å²) in [6.07, 6.45) is 4.65. The van der Waals surface area contributed by atoms with Crippen molar-refractivity contribution >= 4 is 35.2 Å². The molecule has 0 spiro atoms. The molecule has 2 aromatic carbocycles. The number of ether oxygens (including phenoxy) is 1. The molecule has 0 bridgehead atoms. The minimum Gasteiger partial charge on any atom is -0.490 e. The molecule has 2 rings (SSSR count). The second kappa shape index (κ2) is 10.5. The Morgan fingerprint density at radius 2 is 1.74 bits per heavy atom. The Balaban J connectivity index is 1.77. The van der Waals surface area contributed by atoms with Gasteiger partial charge in [-0.1, -0.05) is 43.0 Å². The molecule has 2 amide bonds. The van der Waals surface area contributed by atoms with E-state index in [-0.39, 0.29) is 5.11 Å². The van der Waals surface area contributed by atoms with Crippen LogP contribution in [0.15, 0.2) is 73.3 Å². The van der Waals surface area contributed by atoms with Crippen molar-refractivity contribution < 1.29 is 14.3 Å². The van der Waals surface area contributed by atoms with E-state index in [1.807, 2.05) is 30.3 Å². The van der Waals surface area contributed by atoms with Crippen LogP contribution in [0.5, 0.6) is 5.75 Å². The van der Waals surface area contributed by atoms with Gasteiger partial charge in [0.1, 0.15) is 12.4 Å². The summed E-state index contributed by atoms with van der Waals surface area (Å²) in [7, 11) is 0. The van der Waals surface area contributed by atoms with Crippen molar-refractivity contribution in [1.29, 1.82) is 0 Å². The van der Waals surface area contributed by atoms with Crippen LogP contribution in [0.25, 0.3) is 6.08 Å². The quantitative estimate of drug-likeness (QED) is 0.310. The van der Waals surface area contributed by atoms with E-state index in [9.17, 15) is 9.59 Å². The summed E-state index contributed by atoms with van der Waals surface area (Å²) in [5.74, 6) is -0.177. The van der Waals surface area contributed by atoms with Crippen LogP contribution in [0, 0.1) is 0 Å². The summed E-state index contributed by atoms with van der Waals surface area (Å²) < 4.78 is 5.35. The summed E-state index contributed by atoms with van der Waals surface area (Å²) in [5.41, 5.74) is 6.19. The van der Waals surface area contributed by atoms with Gasteiger partial charge in [0.05, 0.1) is 0 Å². The third kappa shape index (κ3) is 7.13. The number of carbonyl (C=O) groups is 2. The van der Waals surface area contributed by atoms with Crippen molar-refractivity contribution in [2.45, 2.75) is 0 Å². The largest absolute Gasteiger partial charge is 0.490 e. The van der Waals surface area contributed by atoms with Crippen LogP contribution < -0.4 is 20.9 Å². The van der Waals surface area contributed by atoms with Crippen LogP contribution in [0.3, 0.4) is 0 Å². The Morgan fingerprint density at radius 1 is 1.04 bits per heavy atom. The molecule has 0 aromatic heterocycles. The first-order valence-corrected chi connectivity index (χ1v) is 8.47. The normalized spacial score (nSPS) is 10.1. The zero-order valence-electron chi connectivity index (χ0n) is 14.5. The van der Waals surface area contributed by atoms with Crippen LogP contribution in [0.4, 0.5) is 0 Å². The molecular weight excluding hydrogens is 362 g/mol. The zero-order chi connectivity index (χ0) is 19.5. The number of carbonyl (C=O) groups excluding carboxylic acids is 2. The predicted octanol–water partition coefficient (Wildman–Crippen LogP) is 2.60. The second-order valence-corrected chi connectivity index (χ2v) is 5.67. The van der Waals surface area contributed by atoms with E-state index in [0.29, 0.717) is 17.9 Å². The maximum atomic E-state index is 12.1. The summed E-state index contributed by atoms with van der Waals surface area (Å²) in [4.78, 5) is 23.9. The molecule has 0 fully saturated rings. The van der Waals surface area contributed by atoms with Crippen molar-refractivity contribution in [3.8, 4) is 5.75 Å². The molecule has 0 aliphatic heterocycles. The van der Waals surface area contributed by atoms with Gasteiger partial charge in [-0.3, -0.25) is 25.8 Å². The first kappa shape index (κ1) is 19.9. The van der Waals surface area contributed by atoms with E-state index in [4.69, 9.17) is 17.0 Å². The molecule has 2 aromatic rings. The lowest BCUT2D eigenvalue weighted by atomic mass is 10.2. The maximum absolute atomic E-state index is 12.1. The Morgan fingerprint density at radius 3 is 2.41 bits per heavy atom. The Kier molecular flexibility index (Phi) is 7.74. The number of hydrogen-bond donors (Lipinski definition) is 3. The third-order valence-corrected chi connectivity index (χ3v) is 3.44. The van der Waals surface area contributed by atoms with Gasteiger partial charge in [-0.2, -0.15) is 0 Å². The van der Waals surface area contributed by atoms with Crippen LogP contribution >= 0.6 is 12.2 Å². The highest BCUT2D eigenvalue weighted by atomic mass is 32.1. The van der Waals surface area contributed by atoms with Gasteiger partial charge >= 0.3 is 0 Å². The van der Waals surface area contributed by atoms with Gasteiger partial charge in [-0.25, -0.2) is 0 Å². The summed E-state index contributed by atoms with van der Waals surface area (Å²) in [6, 6.07) is 15.9. The van der Waals surface area contributed by atoms with Crippen LogP contribution in [-0.2, 0) is 4.79 Å². The standard InChI is InChI=1S/C20H19N3O3S/c1-2-14-26-17-11-9-16(10-12-17)19(25)22-23-20(27)21-18(24)13-8-15-6-4-3-5-7-15/h2-13H,1,14H2,(H,22,25)(H2,21,23,24,27).